The van der Waals surface area contributed by atoms with Gasteiger partial charge in [-0.25, -0.2) is 4.99 Å². The lowest BCUT2D eigenvalue weighted by atomic mass is 10.1. The van der Waals surface area contributed by atoms with Gasteiger partial charge in [-0.15, -0.1) is 0 Å². The standard InChI is InChI=1S/C20H25N3O/c1-15-6-9-18(10-7-15)17(3)21-19-11-8-16(2)14-23(19)13-12-20(24)22(4)5/h6-11,14H,3,12-13H2,1-2,4-5H3. The van der Waals surface area contributed by atoms with Gasteiger partial charge in [0, 0.05) is 33.3 Å². The van der Waals surface area contributed by atoms with Gasteiger partial charge in [-0.2, -0.15) is 0 Å². The van der Waals surface area contributed by atoms with Crippen LogP contribution >= 0.6 is 0 Å². The van der Waals surface area contributed by atoms with Crippen LogP contribution in [0.3, 0.4) is 0 Å². The van der Waals surface area contributed by atoms with Crippen LogP contribution in [0, 0.1) is 13.8 Å². The van der Waals surface area contributed by atoms with Crippen molar-refractivity contribution >= 4 is 11.6 Å². The maximum absolute atomic E-state index is 11.9. The van der Waals surface area contributed by atoms with Crippen molar-refractivity contribution in [3.8, 4) is 0 Å². The van der Waals surface area contributed by atoms with Crippen LogP contribution in [0.5, 0.6) is 0 Å². The lowest BCUT2D eigenvalue weighted by Gasteiger charge is -2.13. The molecule has 0 saturated heterocycles. The Morgan fingerprint density at radius 2 is 1.71 bits per heavy atom. The van der Waals surface area contributed by atoms with Gasteiger partial charge in [-0.05, 0) is 31.0 Å². The molecule has 2 rings (SSSR count). The summed E-state index contributed by atoms with van der Waals surface area (Å²) in [5.41, 5.74) is 4.85. The minimum atomic E-state index is 0.104. The number of carbonyl (C=O) groups is 1. The Labute approximate surface area is 143 Å². The van der Waals surface area contributed by atoms with E-state index in [1.165, 1.54) is 5.56 Å². The zero-order valence-corrected chi connectivity index (χ0v) is 14.9. The minimum Gasteiger partial charge on any atom is -0.349 e. The van der Waals surface area contributed by atoms with Crippen molar-refractivity contribution in [1.82, 2.24) is 9.47 Å². The highest BCUT2D eigenvalue weighted by Crippen LogP contribution is 2.13. The smallest absolute Gasteiger partial charge is 0.223 e. The van der Waals surface area contributed by atoms with Crippen molar-refractivity contribution in [1.29, 1.82) is 0 Å². The average molecular weight is 323 g/mol. The molecule has 0 fully saturated rings. The first-order valence-electron chi connectivity index (χ1n) is 8.05. The van der Waals surface area contributed by atoms with Gasteiger partial charge in [-0.1, -0.05) is 42.5 Å². The molecule has 1 amide bonds. The van der Waals surface area contributed by atoms with E-state index in [0.717, 1.165) is 16.6 Å². The second-order valence-corrected chi connectivity index (χ2v) is 6.22. The van der Waals surface area contributed by atoms with Gasteiger partial charge in [0.2, 0.25) is 5.91 Å². The highest BCUT2D eigenvalue weighted by atomic mass is 16.2. The lowest BCUT2D eigenvalue weighted by molar-refractivity contribution is -0.128. The molecular weight excluding hydrogens is 298 g/mol. The molecule has 1 aromatic heterocycles. The molecule has 4 heteroatoms. The number of nitrogens with zero attached hydrogens (tertiary/aromatic N) is 3. The first-order chi connectivity index (χ1) is 11.4. The van der Waals surface area contributed by atoms with Crippen molar-refractivity contribution in [2.24, 2.45) is 4.99 Å². The molecule has 0 N–H and O–H groups in total. The molecule has 0 bridgehead atoms. The van der Waals surface area contributed by atoms with Crippen molar-refractivity contribution in [3.05, 3.63) is 71.4 Å². The second-order valence-electron chi connectivity index (χ2n) is 6.22. The molecule has 0 aliphatic carbocycles. The molecule has 1 aromatic carbocycles. The summed E-state index contributed by atoms with van der Waals surface area (Å²) in [4.78, 5) is 18.1. The summed E-state index contributed by atoms with van der Waals surface area (Å²) in [5, 5.41) is 0. The zero-order chi connectivity index (χ0) is 17.7. The zero-order valence-electron chi connectivity index (χ0n) is 14.9. The normalized spacial score (nSPS) is 11.4. The molecule has 0 unspecified atom stereocenters. The summed E-state index contributed by atoms with van der Waals surface area (Å²) in [6.45, 7) is 8.76. The Morgan fingerprint density at radius 1 is 1.08 bits per heavy atom. The Balaban J connectivity index is 2.30. The van der Waals surface area contributed by atoms with E-state index in [9.17, 15) is 4.79 Å². The third-order valence-electron chi connectivity index (χ3n) is 3.85. The summed E-state index contributed by atoms with van der Waals surface area (Å²) < 4.78 is 2.01. The SMILES string of the molecule is C=C(N=c1ccc(C)cn1CCC(=O)N(C)C)c1ccc(C)cc1. The number of hydrogen-bond donors (Lipinski definition) is 0. The Hall–Kier alpha value is -2.62. The van der Waals surface area contributed by atoms with Crippen molar-refractivity contribution in [3.63, 3.8) is 0 Å². The van der Waals surface area contributed by atoms with Crippen molar-refractivity contribution in [2.45, 2.75) is 26.8 Å². The second kappa shape index (κ2) is 7.77. The number of carbonyl (C=O) groups excluding carboxylic acids is 1. The Kier molecular flexibility index (Phi) is 5.74. The number of pyridine rings is 1. The van der Waals surface area contributed by atoms with E-state index < -0.39 is 0 Å². The lowest BCUT2D eigenvalue weighted by Crippen LogP contribution is -2.26. The fraction of sp³-hybridized carbons (Fsp3) is 0.300. The summed E-state index contributed by atoms with van der Waals surface area (Å²) in [6, 6.07) is 12.1. The van der Waals surface area contributed by atoms with Crippen LogP contribution in [0.4, 0.5) is 0 Å². The number of aromatic nitrogens is 1. The molecule has 1 heterocycles. The quantitative estimate of drug-likeness (QED) is 0.833. The van der Waals surface area contributed by atoms with Crippen molar-refractivity contribution in [2.75, 3.05) is 14.1 Å². The molecule has 0 aliphatic rings. The number of amides is 1. The highest BCUT2D eigenvalue weighted by Gasteiger charge is 2.05. The van der Waals surface area contributed by atoms with Gasteiger partial charge >= 0.3 is 0 Å². The van der Waals surface area contributed by atoms with Gasteiger partial charge in [0.1, 0.15) is 5.49 Å². The number of hydrogen-bond acceptors (Lipinski definition) is 2. The number of rotatable bonds is 5. The largest absolute Gasteiger partial charge is 0.349 e. The summed E-state index contributed by atoms with van der Waals surface area (Å²) in [7, 11) is 3.54. The molecular formula is C20H25N3O. The average Bonchev–Trinajstić information content (AvgIpc) is 2.55. The predicted octanol–water partition coefficient (Wildman–Crippen LogP) is 3.15. The van der Waals surface area contributed by atoms with E-state index >= 15 is 0 Å². The molecule has 126 valence electrons. The number of benzene rings is 1. The third kappa shape index (κ3) is 4.69. The van der Waals surface area contributed by atoms with Gasteiger partial charge in [0.25, 0.3) is 0 Å². The first-order valence-corrected chi connectivity index (χ1v) is 8.05. The summed E-state index contributed by atoms with van der Waals surface area (Å²) in [6.07, 6.45) is 2.46. The van der Waals surface area contributed by atoms with E-state index in [1.54, 1.807) is 19.0 Å². The summed E-state index contributed by atoms with van der Waals surface area (Å²) >= 11 is 0. The van der Waals surface area contributed by atoms with Crippen molar-refractivity contribution < 1.29 is 4.79 Å². The molecule has 2 aromatic rings. The van der Waals surface area contributed by atoms with Gasteiger partial charge in [-0.3, -0.25) is 4.79 Å². The molecule has 0 radical (unpaired) electrons. The van der Waals surface area contributed by atoms with E-state index in [2.05, 4.69) is 30.6 Å². The van der Waals surface area contributed by atoms with Crippen LogP contribution in [0.25, 0.3) is 5.70 Å². The van der Waals surface area contributed by atoms with E-state index in [-0.39, 0.29) is 5.91 Å². The fourth-order valence-corrected chi connectivity index (χ4v) is 2.33. The van der Waals surface area contributed by atoms with E-state index in [4.69, 9.17) is 0 Å². The van der Waals surface area contributed by atoms with Crippen LogP contribution in [-0.4, -0.2) is 29.5 Å². The number of aryl methyl sites for hydroxylation is 3. The molecule has 0 saturated carbocycles. The highest BCUT2D eigenvalue weighted by molar-refractivity contribution is 5.75. The predicted molar refractivity (Wildman–Crippen MR) is 98.3 cm³/mol. The van der Waals surface area contributed by atoms with Crippen LogP contribution in [0.15, 0.2) is 54.2 Å². The third-order valence-corrected chi connectivity index (χ3v) is 3.85. The monoisotopic (exact) mass is 323 g/mol. The van der Waals surface area contributed by atoms with Crippen LogP contribution in [0.2, 0.25) is 0 Å². The molecule has 0 aliphatic heterocycles. The molecule has 0 spiro atoms. The van der Waals surface area contributed by atoms with Gasteiger partial charge in [0.05, 0.1) is 5.70 Å². The molecule has 4 nitrogen and oxygen atoms in total. The van der Waals surface area contributed by atoms with Crippen LogP contribution in [-0.2, 0) is 11.3 Å². The maximum atomic E-state index is 11.9. The summed E-state index contributed by atoms with van der Waals surface area (Å²) in [5.74, 6) is 0.104. The minimum absolute atomic E-state index is 0.104. The Bertz CT molecular complexity index is 798. The molecule has 0 atom stereocenters. The first kappa shape index (κ1) is 17.7. The maximum Gasteiger partial charge on any atom is 0.223 e. The Morgan fingerprint density at radius 3 is 2.33 bits per heavy atom. The van der Waals surface area contributed by atoms with E-state index in [0.29, 0.717) is 18.7 Å². The van der Waals surface area contributed by atoms with Gasteiger partial charge in [0.15, 0.2) is 0 Å². The van der Waals surface area contributed by atoms with Gasteiger partial charge < -0.3 is 9.47 Å². The molecule has 24 heavy (non-hydrogen) atoms. The topological polar surface area (TPSA) is 37.6 Å². The van der Waals surface area contributed by atoms with Crippen LogP contribution < -0.4 is 5.49 Å². The van der Waals surface area contributed by atoms with Crippen LogP contribution in [0.1, 0.15) is 23.1 Å². The van der Waals surface area contributed by atoms with E-state index in [1.807, 2.05) is 42.0 Å². The fourth-order valence-electron chi connectivity index (χ4n) is 2.33.